The molecule has 22 heavy (non-hydrogen) atoms. The summed E-state index contributed by atoms with van der Waals surface area (Å²) in [5.41, 5.74) is 6.08. The molecule has 3 N–H and O–H groups in total. The Hall–Kier alpha value is -1.86. The number of hydrogen-bond donors (Lipinski definition) is 2. The number of nitro benzene ring substituents is 1. The van der Waals surface area contributed by atoms with E-state index in [9.17, 15) is 15.2 Å². The number of benzene rings is 1. The van der Waals surface area contributed by atoms with Crippen LogP contribution in [0.5, 0.6) is 11.5 Å². The van der Waals surface area contributed by atoms with Gasteiger partial charge in [-0.3, -0.25) is 10.1 Å². The Bertz CT molecular complexity index is 519. The van der Waals surface area contributed by atoms with Gasteiger partial charge in [0.25, 0.3) is 5.69 Å². The van der Waals surface area contributed by atoms with E-state index in [-0.39, 0.29) is 17.0 Å². The quantitative estimate of drug-likeness (QED) is 0.563. The number of nitrogens with two attached hydrogens (primary N) is 1. The second kappa shape index (κ2) is 7.95. The van der Waals surface area contributed by atoms with Crippen molar-refractivity contribution in [2.75, 3.05) is 14.2 Å². The lowest BCUT2D eigenvalue weighted by Crippen LogP contribution is -2.27. The Balaban J connectivity index is 3.17. The molecule has 0 amide bonds. The van der Waals surface area contributed by atoms with Crippen LogP contribution in [0.1, 0.15) is 38.3 Å². The molecule has 0 bridgehead atoms. The van der Waals surface area contributed by atoms with Gasteiger partial charge in [-0.2, -0.15) is 0 Å². The van der Waals surface area contributed by atoms with Crippen LogP contribution in [0.2, 0.25) is 0 Å². The van der Waals surface area contributed by atoms with E-state index in [0.717, 1.165) is 6.42 Å². The summed E-state index contributed by atoms with van der Waals surface area (Å²) in [7, 11) is 2.84. The van der Waals surface area contributed by atoms with Gasteiger partial charge < -0.3 is 20.3 Å². The van der Waals surface area contributed by atoms with Crippen molar-refractivity contribution < 1.29 is 19.5 Å². The zero-order valence-corrected chi connectivity index (χ0v) is 13.4. The molecule has 0 saturated heterocycles. The summed E-state index contributed by atoms with van der Waals surface area (Å²) >= 11 is 0. The van der Waals surface area contributed by atoms with Crippen LogP contribution in [0, 0.1) is 16.0 Å². The van der Waals surface area contributed by atoms with Crippen LogP contribution in [0.3, 0.4) is 0 Å². The maximum atomic E-state index is 11.3. The second-order valence-corrected chi connectivity index (χ2v) is 5.59. The minimum absolute atomic E-state index is 0.186. The van der Waals surface area contributed by atoms with E-state index in [2.05, 4.69) is 0 Å². The first-order valence-corrected chi connectivity index (χ1v) is 7.15. The minimum atomic E-state index is -0.862. The van der Waals surface area contributed by atoms with Crippen LogP contribution in [0.4, 0.5) is 5.69 Å². The van der Waals surface area contributed by atoms with E-state index in [1.165, 1.54) is 26.4 Å². The van der Waals surface area contributed by atoms with E-state index in [1.807, 2.05) is 13.8 Å². The molecule has 0 unspecified atom stereocenters. The Morgan fingerprint density at radius 1 is 1.23 bits per heavy atom. The summed E-state index contributed by atoms with van der Waals surface area (Å²) in [6, 6.07) is 1.86. The molecule has 0 saturated carbocycles. The third-order valence-corrected chi connectivity index (χ3v) is 3.54. The molecule has 7 nitrogen and oxygen atoms in total. The molecule has 0 heterocycles. The molecule has 0 aliphatic carbocycles. The van der Waals surface area contributed by atoms with E-state index in [1.54, 1.807) is 0 Å². The van der Waals surface area contributed by atoms with Crippen LogP contribution >= 0.6 is 0 Å². The first-order chi connectivity index (χ1) is 10.3. The monoisotopic (exact) mass is 312 g/mol. The van der Waals surface area contributed by atoms with Gasteiger partial charge in [0.05, 0.1) is 42.9 Å². The van der Waals surface area contributed by atoms with Crippen molar-refractivity contribution in [1.29, 1.82) is 0 Å². The fraction of sp³-hybridized carbons (Fsp3) is 0.600. The molecule has 0 aliphatic rings. The van der Waals surface area contributed by atoms with Gasteiger partial charge in [0.2, 0.25) is 0 Å². The van der Waals surface area contributed by atoms with Gasteiger partial charge in [-0.15, -0.1) is 0 Å². The fourth-order valence-electron chi connectivity index (χ4n) is 2.20. The molecule has 0 aliphatic heterocycles. The Morgan fingerprint density at radius 2 is 1.77 bits per heavy atom. The van der Waals surface area contributed by atoms with Gasteiger partial charge in [0.15, 0.2) is 11.5 Å². The van der Waals surface area contributed by atoms with Crippen molar-refractivity contribution in [2.45, 2.75) is 38.8 Å². The fourth-order valence-corrected chi connectivity index (χ4v) is 2.20. The number of ether oxygens (including phenoxy) is 2. The molecule has 0 aromatic heterocycles. The van der Waals surface area contributed by atoms with Gasteiger partial charge in [-0.1, -0.05) is 13.8 Å². The van der Waals surface area contributed by atoms with Crippen molar-refractivity contribution >= 4 is 5.69 Å². The van der Waals surface area contributed by atoms with Gasteiger partial charge in [0, 0.05) is 0 Å². The first kappa shape index (κ1) is 18.2. The molecule has 0 radical (unpaired) electrons. The lowest BCUT2D eigenvalue weighted by Gasteiger charge is -2.21. The molecule has 2 atom stereocenters. The average Bonchev–Trinajstić information content (AvgIpc) is 2.50. The van der Waals surface area contributed by atoms with E-state index in [0.29, 0.717) is 18.1 Å². The Labute approximate surface area is 130 Å². The summed E-state index contributed by atoms with van der Waals surface area (Å²) in [4.78, 5) is 10.7. The zero-order valence-electron chi connectivity index (χ0n) is 13.4. The van der Waals surface area contributed by atoms with Crippen molar-refractivity contribution in [2.24, 2.45) is 11.7 Å². The molecule has 0 fully saturated rings. The van der Waals surface area contributed by atoms with Crippen molar-refractivity contribution in [3.05, 3.63) is 27.8 Å². The van der Waals surface area contributed by atoms with Crippen LogP contribution in [-0.2, 0) is 0 Å². The SMILES string of the molecule is COc1cc([C@@H](N)[C@@H](O)CCC(C)C)c([N+](=O)[O-])cc1OC. The minimum Gasteiger partial charge on any atom is -0.493 e. The highest BCUT2D eigenvalue weighted by molar-refractivity contribution is 5.55. The Morgan fingerprint density at radius 3 is 2.23 bits per heavy atom. The summed E-state index contributed by atoms with van der Waals surface area (Å²) < 4.78 is 10.2. The number of nitro groups is 1. The van der Waals surface area contributed by atoms with Gasteiger partial charge >= 0.3 is 0 Å². The largest absolute Gasteiger partial charge is 0.493 e. The number of nitrogens with zero attached hydrogens (tertiary/aromatic N) is 1. The maximum absolute atomic E-state index is 11.3. The highest BCUT2D eigenvalue weighted by Gasteiger charge is 2.27. The molecule has 7 heteroatoms. The highest BCUT2D eigenvalue weighted by atomic mass is 16.6. The topological polar surface area (TPSA) is 108 Å². The summed E-state index contributed by atoms with van der Waals surface area (Å²) in [6.45, 7) is 4.08. The summed E-state index contributed by atoms with van der Waals surface area (Å²) in [5.74, 6) is 1.01. The number of aliphatic hydroxyl groups is 1. The molecule has 1 aromatic rings. The van der Waals surface area contributed by atoms with Crippen molar-refractivity contribution in [3.8, 4) is 11.5 Å². The van der Waals surface area contributed by atoms with Crippen LogP contribution < -0.4 is 15.2 Å². The lowest BCUT2D eigenvalue weighted by molar-refractivity contribution is -0.385. The summed E-state index contributed by atoms with van der Waals surface area (Å²) in [6.07, 6.45) is 0.402. The van der Waals surface area contributed by atoms with Crippen LogP contribution in [-0.4, -0.2) is 30.4 Å². The predicted octanol–water partition coefficient (Wildman–Crippen LogP) is 2.41. The third kappa shape index (κ3) is 4.32. The predicted molar refractivity (Wildman–Crippen MR) is 83.2 cm³/mol. The van der Waals surface area contributed by atoms with Gasteiger partial charge in [-0.25, -0.2) is 0 Å². The Kier molecular flexibility index (Phi) is 6.58. The van der Waals surface area contributed by atoms with Crippen LogP contribution in [0.25, 0.3) is 0 Å². The molecular formula is C15H24N2O5. The van der Waals surface area contributed by atoms with Gasteiger partial charge in [-0.05, 0) is 24.8 Å². The molecule has 1 aromatic carbocycles. The average molecular weight is 312 g/mol. The number of hydrogen-bond acceptors (Lipinski definition) is 6. The lowest BCUT2D eigenvalue weighted by atomic mass is 9.94. The van der Waals surface area contributed by atoms with E-state index >= 15 is 0 Å². The van der Waals surface area contributed by atoms with Crippen molar-refractivity contribution in [3.63, 3.8) is 0 Å². The summed E-state index contributed by atoms with van der Waals surface area (Å²) in [5, 5.41) is 21.5. The molecule has 1 rings (SSSR count). The first-order valence-electron chi connectivity index (χ1n) is 7.15. The van der Waals surface area contributed by atoms with Crippen LogP contribution in [0.15, 0.2) is 12.1 Å². The van der Waals surface area contributed by atoms with Crippen molar-refractivity contribution in [1.82, 2.24) is 0 Å². The normalized spacial score (nSPS) is 13.8. The molecule has 0 spiro atoms. The second-order valence-electron chi connectivity index (χ2n) is 5.59. The van der Waals surface area contributed by atoms with Gasteiger partial charge in [0.1, 0.15) is 0 Å². The maximum Gasteiger partial charge on any atom is 0.278 e. The third-order valence-electron chi connectivity index (χ3n) is 3.54. The van der Waals surface area contributed by atoms with E-state index < -0.39 is 17.1 Å². The standard InChI is InChI=1S/C15H24N2O5/c1-9(2)5-6-12(18)15(16)10-7-13(21-3)14(22-4)8-11(10)17(19)20/h7-9,12,15,18H,5-6,16H2,1-4H3/t12-,15+/m0/s1. The zero-order chi connectivity index (χ0) is 16.9. The smallest absolute Gasteiger partial charge is 0.278 e. The number of rotatable bonds is 8. The number of aliphatic hydroxyl groups excluding tert-OH is 1. The molecular weight excluding hydrogens is 288 g/mol. The number of methoxy groups -OCH3 is 2. The van der Waals surface area contributed by atoms with E-state index in [4.69, 9.17) is 15.2 Å². The highest BCUT2D eigenvalue weighted by Crippen LogP contribution is 2.38. The molecule has 124 valence electrons.